The fraction of sp³-hybridized carbons (Fsp3) is 0.429. The van der Waals surface area contributed by atoms with Crippen molar-refractivity contribution in [3.05, 3.63) is 35.1 Å². The fourth-order valence-corrected chi connectivity index (χ4v) is 1.31. The quantitative estimate of drug-likeness (QED) is 0.628. The SMILES string of the molecule is CCCOCc1ccc(F)c(C#CCCO)c1. The lowest BCUT2D eigenvalue weighted by Crippen LogP contribution is -1.95. The van der Waals surface area contributed by atoms with Gasteiger partial charge in [0.25, 0.3) is 0 Å². The molecule has 1 aromatic carbocycles. The smallest absolute Gasteiger partial charge is 0.138 e. The molecule has 0 aliphatic carbocycles. The van der Waals surface area contributed by atoms with Gasteiger partial charge >= 0.3 is 0 Å². The molecule has 0 atom stereocenters. The van der Waals surface area contributed by atoms with Crippen LogP contribution in [0, 0.1) is 17.7 Å². The van der Waals surface area contributed by atoms with Gasteiger partial charge in [0.15, 0.2) is 0 Å². The van der Waals surface area contributed by atoms with Crippen molar-refractivity contribution in [1.29, 1.82) is 0 Å². The van der Waals surface area contributed by atoms with E-state index in [4.69, 9.17) is 9.84 Å². The van der Waals surface area contributed by atoms with Crippen LogP contribution in [0.2, 0.25) is 0 Å². The summed E-state index contributed by atoms with van der Waals surface area (Å²) in [5, 5.41) is 8.60. The first-order valence-electron chi connectivity index (χ1n) is 5.73. The van der Waals surface area contributed by atoms with Crippen LogP contribution in [0.1, 0.15) is 30.9 Å². The monoisotopic (exact) mass is 236 g/mol. The van der Waals surface area contributed by atoms with E-state index in [9.17, 15) is 4.39 Å². The van der Waals surface area contributed by atoms with E-state index in [-0.39, 0.29) is 12.4 Å². The lowest BCUT2D eigenvalue weighted by Gasteiger charge is -2.03. The predicted octanol–water partition coefficient (Wildman–Crippen LogP) is 2.49. The highest BCUT2D eigenvalue weighted by Crippen LogP contribution is 2.10. The molecule has 0 heterocycles. The van der Waals surface area contributed by atoms with Crippen LogP contribution < -0.4 is 0 Å². The van der Waals surface area contributed by atoms with Gasteiger partial charge in [-0.1, -0.05) is 24.8 Å². The van der Waals surface area contributed by atoms with Gasteiger partial charge in [-0.15, -0.1) is 0 Å². The van der Waals surface area contributed by atoms with Crippen LogP contribution in [-0.2, 0) is 11.3 Å². The minimum atomic E-state index is -0.338. The molecule has 3 heteroatoms. The van der Waals surface area contributed by atoms with Gasteiger partial charge in [-0.05, 0) is 24.1 Å². The van der Waals surface area contributed by atoms with Crippen LogP contribution in [-0.4, -0.2) is 18.3 Å². The van der Waals surface area contributed by atoms with Crippen molar-refractivity contribution >= 4 is 0 Å². The molecule has 0 amide bonds. The highest BCUT2D eigenvalue weighted by Gasteiger charge is 2.01. The zero-order valence-electron chi connectivity index (χ0n) is 10.0. The van der Waals surface area contributed by atoms with Crippen molar-refractivity contribution in [1.82, 2.24) is 0 Å². The van der Waals surface area contributed by atoms with Gasteiger partial charge in [0.05, 0.1) is 18.8 Å². The van der Waals surface area contributed by atoms with Gasteiger partial charge < -0.3 is 9.84 Å². The van der Waals surface area contributed by atoms with E-state index in [1.165, 1.54) is 6.07 Å². The van der Waals surface area contributed by atoms with Gasteiger partial charge in [0, 0.05) is 13.0 Å². The molecule has 0 unspecified atom stereocenters. The van der Waals surface area contributed by atoms with Crippen LogP contribution in [0.15, 0.2) is 18.2 Å². The van der Waals surface area contributed by atoms with Crippen LogP contribution >= 0.6 is 0 Å². The van der Waals surface area contributed by atoms with Crippen molar-refractivity contribution < 1.29 is 14.2 Å². The standard InChI is InChI=1S/C14H17FO2/c1-2-9-17-11-12-6-7-14(15)13(10-12)5-3-4-8-16/h6-7,10,16H,2,4,8-9,11H2,1H3. The summed E-state index contributed by atoms with van der Waals surface area (Å²) in [5.74, 6) is 5.07. The molecular weight excluding hydrogens is 219 g/mol. The molecule has 0 fully saturated rings. The van der Waals surface area contributed by atoms with Crippen LogP contribution in [0.3, 0.4) is 0 Å². The highest BCUT2D eigenvalue weighted by atomic mass is 19.1. The second kappa shape index (κ2) is 7.83. The van der Waals surface area contributed by atoms with Crippen LogP contribution in [0.25, 0.3) is 0 Å². The van der Waals surface area contributed by atoms with Crippen molar-refractivity contribution in [2.45, 2.75) is 26.4 Å². The van der Waals surface area contributed by atoms with Gasteiger partial charge in [0.1, 0.15) is 5.82 Å². The third kappa shape index (κ3) is 4.99. The number of benzene rings is 1. The Labute approximate surface area is 101 Å². The molecule has 1 aromatic rings. The Morgan fingerprint density at radius 1 is 1.41 bits per heavy atom. The Hall–Kier alpha value is -1.37. The maximum absolute atomic E-state index is 13.4. The van der Waals surface area contributed by atoms with Crippen LogP contribution in [0.5, 0.6) is 0 Å². The number of rotatable bonds is 5. The first-order valence-corrected chi connectivity index (χ1v) is 5.73. The van der Waals surface area contributed by atoms with Crippen LogP contribution in [0.4, 0.5) is 4.39 Å². The summed E-state index contributed by atoms with van der Waals surface area (Å²) < 4.78 is 18.8. The van der Waals surface area contributed by atoms with E-state index >= 15 is 0 Å². The van der Waals surface area contributed by atoms with E-state index in [0.29, 0.717) is 25.2 Å². The molecule has 0 spiro atoms. The molecule has 1 N–H and O–H groups in total. The summed E-state index contributed by atoms with van der Waals surface area (Å²) in [6, 6.07) is 4.78. The Kier molecular flexibility index (Phi) is 6.31. The van der Waals surface area contributed by atoms with Gasteiger partial charge in [-0.25, -0.2) is 4.39 Å². The Balaban J connectivity index is 2.70. The lowest BCUT2D eigenvalue weighted by molar-refractivity contribution is 0.121. The molecule has 0 radical (unpaired) electrons. The normalized spacial score (nSPS) is 9.82. The van der Waals surface area contributed by atoms with Gasteiger partial charge in [0.2, 0.25) is 0 Å². The molecule has 0 aliphatic heterocycles. The highest BCUT2D eigenvalue weighted by molar-refractivity contribution is 5.38. The van der Waals surface area contributed by atoms with Gasteiger partial charge in [-0.2, -0.15) is 0 Å². The number of hydrogen-bond acceptors (Lipinski definition) is 2. The van der Waals surface area contributed by atoms with Gasteiger partial charge in [-0.3, -0.25) is 0 Å². The summed E-state index contributed by atoms with van der Waals surface area (Å²) in [5.41, 5.74) is 1.27. The summed E-state index contributed by atoms with van der Waals surface area (Å²) >= 11 is 0. The van der Waals surface area contributed by atoms with E-state index in [1.807, 2.05) is 6.92 Å². The van der Waals surface area contributed by atoms with Crippen molar-refractivity contribution in [2.75, 3.05) is 13.2 Å². The topological polar surface area (TPSA) is 29.5 Å². The lowest BCUT2D eigenvalue weighted by atomic mass is 10.1. The van der Waals surface area contributed by atoms with Crippen molar-refractivity contribution in [2.24, 2.45) is 0 Å². The van der Waals surface area contributed by atoms with E-state index in [2.05, 4.69) is 11.8 Å². The largest absolute Gasteiger partial charge is 0.395 e. The zero-order valence-corrected chi connectivity index (χ0v) is 10.0. The Morgan fingerprint density at radius 3 is 2.94 bits per heavy atom. The first kappa shape index (κ1) is 13.7. The van der Waals surface area contributed by atoms with E-state index in [1.54, 1.807) is 12.1 Å². The summed E-state index contributed by atoms with van der Waals surface area (Å²) in [7, 11) is 0. The fourth-order valence-electron chi connectivity index (χ4n) is 1.31. The van der Waals surface area contributed by atoms with E-state index < -0.39 is 0 Å². The molecule has 92 valence electrons. The summed E-state index contributed by atoms with van der Waals surface area (Å²) in [6.07, 6.45) is 1.32. The number of hydrogen-bond donors (Lipinski definition) is 1. The molecule has 0 saturated carbocycles. The minimum absolute atomic E-state index is 0.00603. The summed E-state index contributed by atoms with van der Waals surface area (Å²) in [4.78, 5) is 0. The summed E-state index contributed by atoms with van der Waals surface area (Å²) in [6.45, 7) is 3.20. The maximum atomic E-state index is 13.4. The average molecular weight is 236 g/mol. The predicted molar refractivity (Wildman–Crippen MR) is 64.9 cm³/mol. The molecule has 0 aromatic heterocycles. The van der Waals surface area contributed by atoms with Crippen molar-refractivity contribution in [3.8, 4) is 11.8 Å². The minimum Gasteiger partial charge on any atom is -0.395 e. The second-order valence-corrected chi connectivity index (χ2v) is 3.64. The first-order chi connectivity index (χ1) is 8.27. The number of aliphatic hydroxyl groups excluding tert-OH is 1. The third-order valence-electron chi connectivity index (χ3n) is 2.11. The van der Waals surface area contributed by atoms with Crippen molar-refractivity contribution in [3.63, 3.8) is 0 Å². The average Bonchev–Trinajstić information content (AvgIpc) is 2.33. The molecule has 1 rings (SSSR count). The number of halogens is 1. The molecule has 0 bridgehead atoms. The Morgan fingerprint density at radius 2 is 2.24 bits per heavy atom. The molecule has 0 aliphatic rings. The molecule has 2 nitrogen and oxygen atoms in total. The number of aliphatic hydroxyl groups is 1. The number of ether oxygens (including phenoxy) is 1. The molecule has 17 heavy (non-hydrogen) atoms. The molecule has 0 saturated heterocycles. The third-order valence-corrected chi connectivity index (χ3v) is 2.11. The maximum Gasteiger partial charge on any atom is 0.138 e. The molecular formula is C14H17FO2. The Bertz CT molecular complexity index is 404. The van der Waals surface area contributed by atoms with E-state index in [0.717, 1.165) is 12.0 Å². The second-order valence-electron chi connectivity index (χ2n) is 3.64. The zero-order chi connectivity index (χ0) is 12.5.